The van der Waals surface area contributed by atoms with Gasteiger partial charge < -0.3 is 9.64 Å². The van der Waals surface area contributed by atoms with Crippen molar-refractivity contribution in [1.82, 2.24) is 24.1 Å². The lowest BCUT2D eigenvalue weighted by atomic mass is 10.2. The molecule has 1 saturated heterocycles. The topological polar surface area (TPSA) is 77.6 Å². The zero-order valence-corrected chi connectivity index (χ0v) is 14.5. The molecule has 0 spiro atoms. The van der Waals surface area contributed by atoms with Gasteiger partial charge in [0.25, 0.3) is 0 Å². The summed E-state index contributed by atoms with van der Waals surface area (Å²) < 4.78 is 9.18. The van der Waals surface area contributed by atoms with Gasteiger partial charge >= 0.3 is 0 Å². The van der Waals surface area contributed by atoms with Crippen molar-refractivity contribution in [1.29, 1.82) is 0 Å². The fourth-order valence-electron chi connectivity index (χ4n) is 3.24. The largest absolute Gasteiger partial charge is 0.377 e. The second-order valence-electron chi connectivity index (χ2n) is 6.30. The molecule has 0 bridgehead atoms. The molecule has 1 fully saturated rings. The number of hydrogen-bond acceptors (Lipinski definition) is 6. The van der Waals surface area contributed by atoms with E-state index in [2.05, 4.69) is 21.9 Å². The summed E-state index contributed by atoms with van der Waals surface area (Å²) in [4.78, 5) is 23.2. The summed E-state index contributed by atoms with van der Waals surface area (Å²) >= 11 is 0. The fourth-order valence-corrected chi connectivity index (χ4v) is 3.24. The van der Waals surface area contributed by atoms with E-state index in [1.54, 1.807) is 17.2 Å². The number of morpholine rings is 1. The minimum Gasteiger partial charge on any atom is -0.377 e. The van der Waals surface area contributed by atoms with Gasteiger partial charge in [0.15, 0.2) is 17.1 Å². The Balaban J connectivity index is 1.96. The fraction of sp³-hybridized carbons (Fsp3) is 0.412. The van der Waals surface area contributed by atoms with Gasteiger partial charge in [-0.05, 0) is 13.0 Å². The number of Topliss-reactive ketones (excluding diaryl/α,β-unsaturated/α-hetero) is 1. The van der Waals surface area contributed by atoms with Gasteiger partial charge in [-0.15, -0.1) is 0 Å². The second-order valence-corrected chi connectivity index (χ2v) is 6.30. The van der Waals surface area contributed by atoms with Gasteiger partial charge in [0.2, 0.25) is 0 Å². The molecule has 1 aliphatic rings. The zero-order valence-electron chi connectivity index (χ0n) is 14.5. The van der Waals surface area contributed by atoms with Crippen LogP contribution in [0.1, 0.15) is 24.3 Å². The number of ether oxygens (including phenoxy) is 1. The quantitative estimate of drug-likeness (QED) is 0.673. The minimum atomic E-state index is -0.0990. The van der Waals surface area contributed by atoms with Crippen LogP contribution in [0.2, 0.25) is 0 Å². The van der Waals surface area contributed by atoms with Gasteiger partial charge in [-0.3, -0.25) is 13.9 Å². The molecule has 4 heterocycles. The molecule has 130 valence electrons. The molecular weight excluding hydrogens is 320 g/mol. The third-order valence-electron chi connectivity index (χ3n) is 4.57. The molecule has 0 N–H and O–H groups in total. The summed E-state index contributed by atoms with van der Waals surface area (Å²) in [6, 6.07) is 4.18. The van der Waals surface area contributed by atoms with Crippen LogP contribution in [0.3, 0.4) is 0 Å². The number of rotatable bonds is 3. The van der Waals surface area contributed by atoms with Crippen LogP contribution in [-0.2, 0) is 11.8 Å². The van der Waals surface area contributed by atoms with E-state index < -0.39 is 0 Å². The molecule has 3 aromatic rings. The van der Waals surface area contributed by atoms with Gasteiger partial charge in [0, 0.05) is 32.8 Å². The highest BCUT2D eigenvalue weighted by atomic mass is 16.5. The lowest BCUT2D eigenvalue weighted by molar-refractivity contribution is 0.0985. The number of hydrogen-bond donors (Lipinski definition) is 0. The normalized spacial score (nSPS) is 18.0. The number of fused-ring (bicyclic) bond motifs is 1. The Hall–Kier alpha value is -2.74. The highest BCUT2D eigenvalue weighted by Crippen LogP contribution is 2.27. The summed E-state index contributed by atoms with van der Waals surface area (Å²) in [7, 11) is 1.89. The molecule has 0 unspecified atom stereocenters. The number of anilines is 1. The van der Waals surface area contributed by atoms with Crippen molar-refractivity contribution < 1.29 is 9.53 Å². The van der Waals surface area contributed by atoms with Gasteiger partial charge in [0.1, 0.15) is 12.1 Å². The summed E-state index contributed by atoms with van der Waals surface area (Å²) in [5, 5.41) is 4.26. The Morgan fingerprint density at radius 3 is 2.88 bits per heavy atom. The van der Waals surface area contributed by atoms with E-state index >= 15 is 0 Å². The molecule has 0 aromatic carbocycles. The van der Waals surface area contributed by atoms with Crippen LogP contribution in [0.25, 0.3) is 17.0 Å². The summed E-state index contributed by atoms with van der Waals surface area (Å²) in [5.41, 5.74) is 2.78. The average Bonchev–Trinajstić information content (AvgIpc) is 3.20. The van der Waals surface area contributed by atoms with Crippen molar-refractivity contribution in [2.75, 3.05) is 24.7 Å². The predicted molar refractivity (Wildman–Crippen MR) is 92.8 cm³/mol. The zero-order chi connectivity index (χ0) is 17.6. The predicted octanol–water partition coefficient (Wildman–Crippen LogP) is 1.56. The number of carbonyl (C=O) groups excluding carboxylic acids is 1. The Kier molecular flexibility index (Phi) is 3.76. The smallest absolute Gasteiger partial charge is 0.182 e. The summed E-state index contributed by atoms with van der Waals surface area (Å²) in [6.45, 7) is 5.71. The first-order valence-electron chi connectivity index (χ1n) is 8.28. The highest BCUT2D eigenvalue weighted by molar-refractivity contribution is 5.98. The number of ketones is 1. The number of aromatic nitrogens is 5. The number of imidazole rings is 1. The molecule has 0 saturated carbocycles. The van der Waals surface area contributed by atoms with Gasteiger partial charge in [0.05, 0.1) is 30.6 Å². The maximum absolute atomic E-state index is 12.0. The molecule has 1 atom stereocenters. The summed E-state index contributed by atoms with van der Waals surface area (Å²) in [6.07, 6.45) is 3.40. The maximum atomic E-state index is 12.0. The van der Waals surface area contributed by atoms with Gasteiger partial charge in [-0.1, -0.05) is 0 Å². The first kappa shape index (κ1) is 15.8. The van der Waals surface area contributed by atoms with E-state index in [-0.39, 0.29) is 11.8 Å². The molecule has 25 heavy (non-hydrogen) atoms. The van der Waals surface area contributed by atoms with Crippen LogP contribution in [-0.4, -0.2) is 55.7 Å². The van der Waals surface area contributed by atoms with Crippen molar-refractivity contribution >= 4 is 17.2 Å². The van der Waals surface area contributed by atoms with Gasteiger partial charge in [-0.25, -0.2) is 9.97 Å². The molecule has 0 radical (unpaired) electrons. The van der Waals surface area contributed by atoms with Crippen LogP contribution in [0.5, 0.6) is 0 Å². The van der Waals surface area contributed by atoms with E-state index in [1.165, 1.54) is 6.92 Å². The molecule has 8 nitrogen and oxygen atoms in total. The standard InChI is InChI=1S/C17H20N6O2/c1-11-9-25-7-6-22(11)15-8-14(13-4-5-19-21(13)3)23-10-18-16(12(2)24)17(23)20-15/h4-5,8,10-11H,6-7,9H2,1-3H3/t11-/m1/s1. The van der Waals surface area contributed by atoms with Crippen molar-refractivity contribution in [3.8, 4) is 11.4 Å². The Bertz CT molecular complexity index is 944. The lowest BCUT2D eigenvalue weighted by Gasteiger charge is -2.34. The number of aryl methyl sites for hydroxylation is 1. The molecule has 1 aliphatic heterocycles. The van der Waals surface area contributed by atoms with Gasteiger partial charge in [-0.2, -0.15) is 5.10 Å². The van der Waals surface area contributed by atoms with Crippen molar-refractivity contribution in [2.45, 2.75) is 19.9 Å². The molecular formula is C17H20N6O2. The van der Waals surface area contributed by atoms with E-state index in [9.17, 15) is 4.79 Å². The number of nitrogens with zero attached hydrogens (tertiary/aromatic N) is 6. The van der Waals surface area contributed by atoms with E-state index in [0.717, 1.165) is 23.8 Å². The minimum absolute atomic E-state index is 0.0990. The highest BCUT2D eigenvalue weighted by Gasteiger charge is 2.24. The first-order valence-corrected chi connectivity index (χ1v) is 8.28. The van der Waals surface area contributed by atoms with E-state index in [1.807, 2.05) is 23.6 Å². The second kappa shape index (κ2) is 5.96. The monoisotopic (exact) mass is 340 g/mol. The van der Waals surface area contributed by atoms with Crippen LogP contribution in [0.15, 0.2) is 24.7 Å². The Morgan fingerprint density at radius 1 is 1.36 bits per heavy atom. The third-order valence-corrected chi connectivity index (χ3v) is 4.57. The van der Waals surface area contributed by atoms with E-state index in [4.69, 9.17) is 9.72 Å². The third kappa shape index (κ3) is 2.58. The Labute approximate surface area is 145 Å². The molecule has 0 amide bonds. The number of carbonyl (C=O) groups is 1. The van der Waals surface area contributed by atoms with Crippen molar-refractivity contribution in [3.05, 3.63) is 30.4 Å². The molecule has 0 aliphatic carbocycles. The van der Waals surface area contributed by atoms with E-state index in [0.29, 0.717) is 24.6 Å². The van der Waals surface area contributed by atoms with Crippen LogP contribution < -0.4 is 4.90 Å². The molecule has 8 heteroatoms. The SMILES string of the molecule is CC(=O)c1ncn2c(-c3ccnn3C)cc(N3CCOC[C@H]3C)nc12. The van der Waals surface area contributed by atoms with Crippen LogP contribution >= 0.6 is 0 Å². The maximum Gasteiger partial charge on any atom is 0.182 e. The van der Waals surface area contributed by atoms with Crippen molar-refractivity contribution in [2.24, 2.45) is 7.05 Å². The molecule has 3 aromatic heterocycles. The Morgan fingerprint density at radius 2 is 2.20 bits per heavy atom. The van der Waals surface area contributed by atoms with Crippen molar-refractivity contribution in [3.63, 3.8) is 0 Å². The van der Waals surface area contributed by atoms with Crippen LogP contribution in [0.4, 0.5) is 5.82 Å². The first-order chi connectivity index (χ1) is 12.1. The molecule has 4 rings (SSSR count). The average molecular weight is 340 g/mol. The van der Waals surface area contributed by atoms with Crippen LogP contribution in [0, 0.1) is 0 Å². The summed E-state index contributed by atoms with van der Waals surface area (Å²) in [5.74, 6) is 0.723. The lowest BCUT2D eigenvalue weighted by Crippen LogP contribution is -2.44.